The molecule has 38 heavy (non-hydrogen) atoms. The fourth-order valence-electron chi connectivity index (χ4n) is 4.78. The highest BCUT2D eigenvalue weighted by Gasteiger charge is 2.28. The minimum absolute atomic E-state index is 0.117. The number of thiazole rings is 1. The summed E-state index contributed by atoms with van der Waals surface area (Å²) in [6, 6.07) is 8.20. The number of aryl methyl sites for hydroxylation is 1. The van der Waals surface area contributed by atoms with Gasteiger partial charge in [0, 0.05) is 48.1 Å². The van der Waals surface area contributed by atoms with Gasteiger partial charge in [0.05, 0.1) is 23.3 Å². The van der Waals surface area contributed by atoms with Gasteiger partial charge >= 0.3 is 0 Å². The lowest BCUT2D eigenvalue weighted by Gasteiger charge is -2.15. The number of fused-ring (bicyclic) bond motifs is 1. The van der Waals surface area contributed by atoms with Gasteiger partial charge in [-0.2, -0.15) is 0 Å². The SMILES string of the molecule is CC/C(C)=C/c1c(CNC(=O)C2=C(C=N)c3sc(Cc4cc(CC)co4)nc3C(C)CC2)cccc1NC. The first-order valence-electron chi connectivity index (χ1n) is 13.4. The molecule has 200 valence electrons. The zero-order chi connectivity index (χ0) is 27.2. The number of carbonyl (C=O) groups is 1. The van der Waals surface area contributed by atoms with Gasteiger partial charge in [0.1, 0.15) is 10.8 Å². The number of hydrogen-bond donors (Lipinski definition) is 3. The van der Waals surface area contributed by atoms with Crippen molar-refractivity contribution in [2.75, 3.05) is 12.4 Å². The second-order valence-corrected chi connectivity index (χ2v) is 11.0. The van der Waals surface area contributed by atoms with Crippen LogP contribution in [0.15, 0.2) is 46.1 Å². The molecule has 1 amide bonds. The predicted octanol–water partition coefficient (Wildman–Crippen LogP) is 7.36. The summed E-state index contributed by atoms with van der Waals surface area (Å²) in [4.78, 5) is 19.4. The summed E-state index contributed by atoms with van der Waals surface area (Å²) in [5.74, 6) is 0.983. The molecule has 2 aromatic heterocycles. The van der Waals surface area contributed by atoms with Crippen LogP contribution in [0.25, 0.3) is 11.6 Å². The van der Waals surface area contributed by atoms with E-state index in [1.54, 1.807) is 17.6 Å². The second kappa shape index (κ2) is 12.4. The van der Waals surface area contributed by atoms with E-state index < -0.39 is 0 Å². The van der Waals surface area contributed by atoms with Gasteiger partial charge in [0.15, 0.2) is 0 Å². The molecule has 0 aliphatic heterocycles. The average molecular weight is 531 g/mol. The number of nitrogens with zero attached hydrogens (tertiary/aromatic N) is 1. The number of nitrogens with one attached hydrogen (secondary N) is 3. The van der Waals surface area contributed by atoms with Crippen molar-refractivity contribution >= 4 is 40.8 Å². The molecule has 7 heteroatoms. The number of anilines is 1. The van der Waals surface area contributed by atoms with E-state index in [4.69, 9.17) is 14.8 Å². The van der Waals surface area contributed by atoms with Crippen LogP contribution >= 0.6 is 11.3 Å². The van der Waals surface area contributed by atoms with E-state index in [1.807, 2.05) is 13.1 Å². The third-order valence-electron chi connectivity index (χ3n) is 7.28. The zero-order valence-corrected chi connectivity index (χ0v) is 23.8. The maximum Gasteiger partial charge on any atom is 0.248 e. The van der Waals surface area contributed by atoms with Crippen molar-refractivity contribution < 1.29 is 9.21 Å². The number of benzene rings is 1. The van der Waals surface area contributed by atoms with Crippen molar-refractivity contribution in [1.29, 1.82) is 5.41 Å². The molecule has 0 radical (unpaired) electrons. The number of hydrogen-bond acceptors (Lipinski definition) is 6. The fraction of sp³-hybridized carbons (Fsp3) is 0.387. The first-order valence-corrected chi connectivity index (χ1v) is 14.2. The maximum absolute atomic E-state index is 13.6. The van der Waals surface area contributed by atoms with Gasteiger partial charge in [0.25, 0.3) is 0 Å². The highest BCUT2D eigenvalue weighted by molar-refractivity contribution is 7.13. The number of allylic oxidation sites excluding steroid dienone is 2. The van der Waals surface area contributed by atoms with Crippen molar-refractivity contribution in [3.8, 4) is 0 Å². The third-order valence-corrected chi connectivity index (χ3v) is 8.38. The van der Waals surface area contributed by atoms with E-state index in [9.17, 15) is 4.79 Å². The molecule has 1 aliphatic carbocycles. The maximum atomic E-state index is 13.6. The summed E-state index contributed by atoms with van der Waals surface area (Å²) in [6.45, 7) is 8.95. The third kappa shape index (κ3) is 5.99. The largest absolute Gasteiger partial charge is 0.469 e. The second-order valence-electron chi connectivity index (χ2n) is 9.91. The van der Waals surface area contributed by atoms with E-state index in [1.165, 1.54) is 17.4 Å². The van der Waals surface area contributed by atoms with Gasteiger partial charge in [-0.1, -0.05) is 44.6 Å². The Kier molecular flexibility index (Phi) is 9.00. The van der Waals surface area contributed by atoms with Crippen LogP contribution < -0.4 is 10.6 Å². The molecule has 1 unspecified atom stereocenters. The van der Waals surface area contributed by atoms with Crippen LogP contribution in [0.3, 0.4) is 0 Å². The van der Waals surface area contributed by atoms with E-state index in [0.29, 0.717) is 30.5 Å². The fourth-order valence-corrected chi connectivity index (χ4v) is 6.02. The quantitative estimate of drug-likeness (QED) is 0.239. The van der Waals surface area contributed by atoms with E-state index in [0.717, 1.165) is 57.4 Å². The Morgan fingerprint density at radius 3 is 2.82 bits per heavy atom. The monoisotopic (exact) mass is 530 g/mol. The highest BCUT2D eigenvalue weighted by Crippen LogP contribution is 2.39. The predicted molar refractivity (Wildman–Crippen MR) is 158 cm³/mol. The number of furan rings is 1. The molecular weight excluding hydrogens is 492 g/mol. The molecule has 0 fully saturated rings. The number of aromatic nitrogens is 1. The van der Waals surface area contributed by atoms with Gasteiger partial charge in [-0.15, -0.1) is 11.3 Å². The molecule has 0 bridgehead atoms. The number of rotatable bonds is 10. The minimum Gasteiger partial charge on any atom is -0.469 e. The number of carbonyl (C=O) groups excluding carboxylic acids is 1. The normalized spacial score (nSPS) is 15.7. The Hall–Kier alpha value is -3.45. The molecule has 6 nitrogen and oxygen atoms in total. The Morgan fingerprint density at radius 2 is 2.13 bits per heavy atom. The lowest BCUT2D eigenvalue weighted by molar-refractivity contribution is -0.117. The van der Waals surface area contributed by atoms with Crippen molar-refractivity contribution in [1.82, 2.24) is 10.3 Å². The van der Waals surface area contributed by atoms with E-state index in [2.05, 4.69) is 62.6 Å². The Bertz CT molecular complexity index is 1380. The van der Waals surface area contributed by atoms with Crippen LogP contribution in [0.5, 0.6) is 0 Å². The molecule has 1 atom stereocenters. The van der Waals surface area contributed by atoms with Crippen LogP contribution in [0.1, 0.15) is 90.9 Å². The summed E-state index contributed by atoms with van der Waals surface area (Å²) in [5.41, 5.74) is 7.99. The van der Waals surface area contributed by atoms with Gasteiger partial charge in [-0.05, 0) is 55.9 Å². The summed E-state index contributed by atoms with van der Waals surface area (Å²) < 4.78 is 5.72. The Balaban J connectivity index is 1.61. The van der Waals surface area contributed by atoms with Gasteiger partial charge in [0.2, 0.25) is 5.91 Å². The van der Waals surface area contributed by atoms with Gasteiger partial charge in [-0.3, -0.25) is 4.79 Å². The Morgan fingerprint density at radius 1 is 1.32 bits per heavy atom. The molecule has 3 N–H and O–H groups in total. The van der Waals surface area contributed by atoms with Crippen molar-refractivity contribution in [3.63, 3.8) is 0 Å². The summed E-state index contributed by atoms with van der Waals surface area (Å²) in [5, 5.41) is 15.6. The topological polar surface area (TPSA) is 91.0 Å². The summed E-state index contributed by atoms with van der Waals surface area (Å²) >= 11 is 1.57. The summed E-state index contributed by atoms with van der Waals surface area (Å²) in [6.07, 6.45) is 9.28. The average Bonchev–Trinajstić information content (AvgIpc) is 3.54. The van der Waals surface area contributed by atoms with Crippen LogP contribution in [0.4, 0.5) is 5.69 Å². The summed E-state index contributed by atoms with van der Waals surface area (Å²) in [7, 11) is 1.92. The molecule has 2 heterocycles. The zero-order valence-electron chi connectivity index (χ0n) is 23.0. The number of amides is 1. The van der Waals surface area contributed by atoms with Gasteiger partial charge < -0.3 is 20.5 Å². The first-order chi connectivity index (χ1) is 18.4. The lowest BCUT2D eigenvalue weighted by Crippen LogP contribution is -2.26. The van der Waals surface area contributed by atoms with Crippen molar-refractivity contribution in [2.45, 2.75) is 72.3 Å². The van der Waals surface area contributed by atoms with Crippen molar-refractivity contribution in [3.05, 3.63) is 79.7 Å². The van der Waals surface area contributed by atoms with Crippen LogP contribution in [0.2, 0.25) is 0 Å². The lowest BCUT2D eigenvalue weighted by atomic mass is 10.00. The van der Waals surface area contributed by atoms with Crippen LogP contribution in [-0.4, -0.2) is 24.2 Å². The standard InChI is InChI=1S/C31H38N4O2S/c1-6-19(3)13-25-22(9-8-10-27(25)33-5)17-34-31(36)24-12-11-20(4)29-30(26(24)16-32)38-28(35-29)15-23-14-21(7-2)18-37-23/h8-10,13-14,16,18,20,32-33H,6-7,11-12,15,17H2,1-5H3,(H,34,36)/b19-13+,32-16?. The molecular formula is C31H38N4O2S. The molecule has 0 saturated carbocycles. The molecule has 0 saturated heterocycles. The minimum atomic E-state index is -0.117. The van der Waals surface area contributed by atoms with Gasteiger partial charge in [-0.25, -0.2) is 4.98 Å². The smallest absolute Gasteiger partial charge is 0.248 e. The van der Waals surface area contributed by atoms with Crippen LogP contribution in [0, 0.1) is 5.41 Å². The molecule has 3 aromatic rings. The highest BCUT2D eigenvalue weighted by atomic mass is 32.1. The first kappa shape index (κ1) is 27.6. The molecule has 4 rings (SSSR count). The Labute approximate surface area is 229 Å². The van der Waals surface area contributed by atoms with Crippen molar-refractivity contribution in [2.24, 2.45) is 0 Å². The van der Waals surface area contributed by atoms with E-state index >= 15 is 0 Å². The molecule has 1 aromatic carbocycles. The van der Waals surface area contributed by atoms with E-state index in [-0.39, 0.29) is 11.8 Å². The molecule has 1 aliphatic rings. The molecule has 0 spiro atoms. The van der Waals surface area contributed by atoms with Crippen LogP contribution in [-0.2, 0) is 24.2 Å².